The minimum atomic E-state index is -0.0558. The Balaban J connectivity index is 2.16. The molecule has 4 nitrogen and oxygen atoms in total. The third-order valence-electron chi connectivity index (χ3n) is 3.58. The molecule has 2 aromatic rings. The van der Waals surface area contributed by atoms with Crippen LogP contribution in [0.25, 0.3) is 11.8 Å². The summed E-state index contributed by atoms with van der Waals surface area (Å²) in [7, 11) is 0. The first-order chi connectivity index (χ1) is 10.6. The van der Waals surface area contributed by atoms with E-state index in [2.05, 4.69) is 17.3 Å². The van der Waals surface area contributed by atoms with Crippen LogP contribution in [0.1, 0.15) is 36.7 Å². The molecule has 4 heteroatoms. The molecule has 0 aliphatic carbocycles. The lowest BCUT2D eigenvalue weighted by Crippen LogP contribution is -2.21. The number of carbonyl (C=O) groups is 1. The topological polar surface area (TPSA) is 46.9 Å². The van der Waals surface area contributed by atoms with Gasteiger partial charge in [0.2, 0.25) is 5.91 Å². The summed E-state index contributed by atoms with van der Waals surface area (Å²) in [6.45, 7) is 6.80. The molecular formula is C18H23N3O. The Morgan fingerprint density at radius 1 is 1.27 bits per heavy atom. The Kier molecular flexibility index (Phi) is 5.53. The predicted molar refractivity (Wildman–Crippen MR) is 90.0 cm³/mol. The number of hydrogen-bond acceptors (Lipinski definition) is 2. The molecule has 0 bridgehead atoms. The van der Waals surface area contributed by atoms with Crippen LogP contribution in [-0.4, -0.2) is 22.2 Å². The molecule has 116 valence electrons. The fourth-order valence-corrected chi connectivity index (χ4v) is 2.32. The van der Waals surface area contributed by atoms with Gasteiger partial charge in [0.05, 0.1) is 11.4 Å². The molecule has 0 saturated carbocycles. The molecular weight excluding hydrogens is 274 g/mol. The van der Waals surface area contributed by atoms with E-state index in [1.165, 1.54) is 0 Å². The molecule has 22 heavy (non-hydrogen) atoms. The number of hydrogen-bond donors (Lipinski definition) is 1. The van der Waals surface area contributed by atoms with Gasteiger partial charge < -0.3 is 5.32 Å². The number of rotatable bonds is 6. The van der Waals surface area contributed by atoms with E-state index in [1.807, 2.05) is 54.9 Å². The van der Waals surface area contributed by atoms with Crippen molar-refractivity contribution in [2.75, 3.05) is 6.54 Å². The van der Waals surface area contributed by atoms with E-state index >= 15 is 0 Å². The number of para-hydroxylation sites is 1. The predicted octanol–water partition coefficient (Wildman–Crippen LogP) is 3.42. The lowest BCUT2D eigenvalue weighted by Gasteiger charge is -2.03. The van der Waals surface area contributed by atoms with Crippen LogP contribution in [0.4, 0.5) is 0 Å². The molecule has 0 saturated heterocycles. The third-order valence-corrected chi connectivity index (χ3v) is 3.58. The number of carbonyl (C=O) groups excluding carboxylic acids is 1. The van der Waals surface area contributed by atoms with Gasteiger partial charge in [-0.2, -0.15) is 5.10 Å². The summed E-state index contributed by atoms with van der Waals surface area (Å²) in [5.41, 5.74) is 3.96. The highest BCUT2D eigenvalue weighted by Crippen LogP contribution is 2.18. The zero-order valence-corrected chi connectivity index (χ0v) is 13.5. The summed E-state index contributed by atoms with van der Waals surface area (Å²) >= 11 is 0. The van der Waals surface area contributed by atoms with E-state index in [0.717, 1.165) is 42.0 Å². The SMILES string of the molecule is CCCCNC(=O)/C=C/c1c(C)nn(-c2ccccc2)c1C. The summed E-state index contributed by atoms with van der Waals surface area (Å²) in [5.74, 6) is -0.0558. The van der Waals surface area contributed by atoms with Gasteiger partial charge in [-0.3, -0.25) is 4.79 Å². The Bertz CT molecular complexity index is 656. The summed E-state index contributed by atoms with van der Waals surface area (Å²) in [4.78, 5) is 11.8. The van der Waals surface area contributed by atoms with Crippen molar-refractivity contribution in [1.82, 2.24) is 15.1 Å². The van der Waals surface area contributed by atoms with Crippen LogP contribution in [0.5, 0.6) is 0 Å². The van der Waals surface area contributed by atoms with Crippen molar-refractivity contribution in [3.8, 4) is 5.69 Å². The van der Waals surface area contributed by atoms with Crippen molar-refractivity contribution in [3.05, 3.63) is 53.4 Å². The van der Waals surface area contributed by atoms with Gasteiger partial charge >= 0.3 is 0 Å². The zero-order valence-electron chi connectivity index (χ0n) is 13.5. The fourth-order valence-electron chi connectivity index (χ4n) is 2.32. The number of unbranched alkanes of at least 4 members (excludes halogenated alkanes) is 1. The second kappa shape index (κ2) is 7.59. The van der Waals surface area contributed by atoms with Crippen molar-refractivity contribution in [2.45, 2.75) is 33.6 Å². The van der Waals surface area contributed by atoms with Crippen LogP contribution in [-0.2, 0) is 4.79 Å². The lowest BCUT2D eigenvalue weighted by atomic mass is 10.2. The van der Waals surface area contributed by atoms with Crippen LogP contribution < -0.4 is 5.32 Å². The molecule has 0 aliphatic heterocycles. The Labute approximate surface area is 131 Å². The first kappa shape index (κ1) is 16.0. The van der Waals surface area contributed by atoms with Gasteiger partial charge in [0.15, 0.2) is 0 Å². The number of aromatic nitrogens is 2. The molecule has 0 unspecified atom stereocenters. The molecule has 0 fully saturated rings. The van der Waals surface area contributed by atoms with Gasteiger partial charge in [-0.1, -0.05) is 31.5 Å². The van der Waals surface area contributed by atoms with Crippen LogP contribution in [0.2, 0.25) is 0 Å². The van der Waals surface area contributed by atoms with E-state index < -0.39 is 0 Å². The quantitative estimate of drug-likeness (QED) is 0.656. The summed E-state index contributed by atoms with van der Waals surface area (Å²) in [6.07, 6.45) is 5.51. The zero-order chi connectivity index (χ0) is 15.9. The monoisotopic (exact) mass is 297 g/mol. The molecule has 1 aromatic heterocycles. The molecule has 0 spiro atoms. The van der Waals surface area contributed by atoms with Gasteiger partial charge in [-0.05, 0) is 38.5 Å². The maximum atomic E-state index is 11.8. The van der Waals surface area contributed by atoms with Crippen LogP contribution in [0.15, 0.2) is 36.4 Å². The highest BCUT2D eigenvalue weighted by Gasteiger charge is 2.10. The van der Waals surface area contributed by atoms with Crippen molar-refractivity contribution >= 4 is 12.0 Å². The van der Waals surface area contributed by atoms with Crippen molar-refractivity contribution in [1.29, 1.82) is 0 Å². The minimum absolute atomic E-state index is 0.0558. The van der Waals surface area contributed by atoms with Crippen molar-refractivity contribution < 1.29 is 4.79 Å². The van der Waals surface area contributed by atoms with Crippen LogP contribution >= 0.6 is 0 Å². The second-order valence-electron chi connectivity index (χ2n) is 5.31. The van der Waals surface area contributed by atoms with Gasteiger partial charge in [-0.25, -0.2) is 4.68 Å². The van der Waals surface area contributed by atoms with Crippen molar-refractivity contribution in [2.24, 2.45) is 0 Å². The average Bonchev–Trinajstić information content (AvgIpc) is 2.81. The Morgan fingerprint density at radius 3 is 2.68 bits per heavy atom. The minimum Gasteiger partial charge on any atom is -0.353 e. The van der Waals surface area contributed by atoms with E-state index in [4.69, 9.17) is 0 Å². The highest BCUT2D eigenvalue weighted by atomic mass is 16.1. The fraction of sp³-hybridized carbons (Fsp3) is 0.333. The Morgan fingerprint density at radius 2 is 2.00 bits per heavy atom. The number of amides is 1. The van der Waals surface area contributed by atoms with Gasteiger partial charge in [-0.15, -0.1) is 0 Å². The number of aryl methyl sites for hydroxylation is 1. The van der Waals surface area contributed by atoms with Crippen LogP contribution in [0.3, 0.4) is 0 Å². The van der Waals surface area contributed by atoms with Gasteiger partial charge in [0.1, 0.15) is 0 Å². The van der Waals surface area contributed by atoms with E-state index in [-0.39, 0.29) is 5.91 Å². The first-order valence-corrected chi connectivity index (χ1v) is 7.71. The summed E-state index contributed by atoms with van der Waals surface area (Å²) < 4.78 is 1.91. The molecule has 0 atom stereocenters. The molecule has 1 N–H and O–H groups in total. The molecule has 0 aliphatic rings. The lowest BCUT2D eigenvalue weighted by molar-refractivity contribution is -0.116. The largest absolute Gasteiger partial charge is 0.353 e. The van der Waals surface area contributed by atoms with Gasteiger partial charge in [0, 0.05) is 23.9 Å². The molecule has 2 rings (SSSR count). The molecule has 1 aromatic carbocycles. The smallest absolute Gasteiger partial charge is 0.244 e. The maximum Gasteiger partial charge on any atom is 0.244 e. The first-order valence-electron chi connectivity index (χ1n) is 7.71. The number of nitrogens with one attached hydrogen (secondary N) is 1. The molecule has 1 amide bonds. The van der Waals surface area contributed by atoms with E-state index in [9.17, 15) is 4.79 Å². The maximum absolute atomic E-state index is 11.8. The van der Waals surface area contributed by atoms with Crippen LogP contribution in [0, 0.1) is 13.8 Å². The second-order valence-corrected chi connectivity index (χ2v) is 5.31. The number of benzene rings is 1. The van der Waals surface area contributed by atoms with Gasteiger partial charge in [0.25, 0.3) is 0 Å². The highest BCUT2D eigenvalue weighted by molar-refractivity contribution is 5.92. The summed E-state index contributed by atoms with van der Waals surface area (Å²) in [5, 5.41) is 7.45. The molecule has 0 radical (unpaired) electrons. The average molecular weight is 297 g/mol. The third kappa shape index (κ3) is 3.85. The summed E-state index contributed by atoms with van der Waals surface area (Å²) in [6, 6.07) is 10.00. The Hall–Kier alpha value is -2.36. The van der Waals surface area contributed by atoms with E-state index in [1.54, 1.807) is 6.08 Å². The van der Waals surface area contributed by atoms with Crippen molar-refractivity contribution in [3.63, 3.8) is 0 Å². The standard InChI is InChI=1S/C18H23N3O/c1-4-5-13-19-18(22)12-11-17-14(2)20-21(15(17)3)16-9-7-6-8-10-16/h6-12H,4-5,13H2,1-3H3,(H,19,22)/b12-11+. The molecule has 1 heterocycles. The number of nitrogens with zero attached hydrogens (tertiary/aromatic N) is 2. The normalized spacial score (nSPS) is 11.0. The van der Waals surface area contributed by atoms with E-state index in [0.29, 0.717) is 0 Å².